The fourth-order valence-corrected chi connectivity index (χ4v) is 6.57. The van der Waals surface area contributed by atoms with Crippen LogP contribution in [0.2, 0.25) is 5.02 Å². The number of allylic oxidation sites excluding steroid dienone is 2. The van der Waals surface area contributed by atoms with E-state index in [9.17, 15) is 4.79 Å². The van der Waals surface area contributed by atoms with Gasteiger partial charge in [-0.15, -0.1) is 0 Å². The quantitative estimate of drug-likeness (QED) is 0.505. The molecule has 4 atom stereocenters. The van der Waals surface area contributed by atoms with E-state index in [1.54, 1.807) is 11.1 Å². The summed E-state index contributed by atoms with van der Waals surface area (Å²) >= 11 is 6.02. The van der Waals surface area contributed by atoms with Crippen LogP contribution in [0.1, 0.15) is 46.0 Å². The molecule has 2 aliphatic carbocycles. The molecule has 30 heavy (non-hydrogen) atoms. The number of nitrogens with zero attached hydrogens (tertiary/aromatic N) is 2. The largest absolute Gasteiger partial charge is 0.462 e. The van der Waals surface area contributed by atoms with E-state index in [0.29, 0.717) is 5.92 Å². The monoisotopic (exact) mass is 428 g/mol. The lowest BCUT2D eigenvalue weighted by molar-refractivity contribution is -0.145. The van der Waals surface area contributed by atoms with E-state index in [1.165, 1.54) is 24.9 Å². The summed E-state index contributed by atoms with van der Waals surface area (Å²) in [5, 5.41) is 0.776. The molecule has 2 heterocycles. The fourth-order valence-electron chi connectivity index (χ4n) is 6.44. The highest BCUT2D eigenvalue weighted by atomic mass is 35.5. The summed E-state index contributed by atoms with van der Waals surface area (Å²) in [6, 6.07) is 8.10. The third-order valence-corrected chi connectivity index (χ3v) is 8.45. The molecule has 1 aromatic rings. The molecule has 0 amide bonds. The predicted molar refractivity (Wildman–Crippen MR) is 121 cm³/mol. The Balaban J connectivity index is 1.24. The molecule has 0 radical (unpaired) electrons. The van der Waals surface area contributed by atoms with Gasteiger partial charge < -0.3 is 9.64 Å². The van der Waals surface area contributed by atoms with Crippen LogP contribution in [-0.4, -0.2) is 49.7 Å². The third-order valence-electron chi connectivity index (χ3n) is 8.20. The number of benzene rings is 1. The Morgan fingerprint density at radius 1 is 1.17 bits per heavy atom. The first-order valence-corrected chi connectivity index (χ1v) is 11.9. The minimum atomic E-state index is 0.0314. The number of piperazine rings is 1. The second-order valence-corrected chi connectivity index (χ2v) is 10.5. The first-order valence-electron chi connectivity index (χ1n) is 11.6. The van der Waals surface area contributed by atoms with Crippen molar-refractivity contribution < 1.29 is 9.53 Å². The lowest BCUT2D eigenvalue weighted by Crippen LogP contribution is -2.49. The van der Waals surface area contributed by atoms with Crippen LogP contribution >= 0.6 is 11.6 Å². The van der Waals surface area contributed by atoms with E-state index in [0.717, 1.165) is 50.6 Å². The SMILES string of the molecule is CC1=C2CC3C(CC2(C)CCC1)OC(=O)C3CN1CCN(c2ccc(Cl)cc2)CC1. The molecule has 1 saturated carbocycles. The molecule has 2 aliphatic heterocycles. The molecule has 0 bridgehead atoms. The number of rotatable bonds is 3. The Morgan fingerprint density at radius 3 is 2.63 bits per heavy atom. The van der Waals surface area contributed by atoms with E-state index in [2.05, 4.69) is 35.8 Å². The number of fused-ring (bicyclic) bond motifs is 2. The van der Waals surface area contributed by atoms with Gasteiger partial charge in [0.25, 0.3) is 0 Å². The molecule has 0 N–H and O–H groups in total. The number of hydrogen-bond acceptors (Lipinski definition) is 4. The van der Waals surface area contributed by atoms with Crippen LogP contribution in [0.15, 0.2) is 35.4 Å². The maximum atomic E-state index is 12.8. The Bertz CT molecular complexity index is 843. The second-order valence-electron chi connectivity index (χ2n) is 10.1. The van der Waals surface area contributed by atoms with Gasteiger partial charge in [-0.3, -0.25) is 9.69 Å². The number of carbonyl (C=O) groups excluding carboxylic acids is 1. The van der Waals surface area contributed by atoms with Gasteiger partial charge in [0.1, 0.15) is 6.10 Å². The molecule has 3 fully saturated rings. The van der Waals surface area contributed by atoms with Crippen molar-refractivity contribution in [3.8, 4) is 0 Å². The zero-order valence-corrected chi connectivity index (χ0v) is 19.0. The molecule has 5 heteroatoms. The van der Waals surface area contributed by atoms with E-state index in [-0.39, 0.29) is 23.4 Å². The van der Waals surface area contributed by atoms with Crippen molar-refractivity contribution in [3.05, 3.63) is 40.4 Å². The van der Waals surface area contributed by atoms with Gasteiger partial charge in [-0.05, 0) is 68.7 Å². The number of hydrogen-bond donors (Lipinski definition) is 0. The van der Waals surface area contributed by atoms with E-state index in [1.807, 2.05) is 12.1 Å². The average molecular weight is 429 g/mol. The lowest BCUT2D eigenvalue weighted by Gasteiger charge is -2.46. The molecule has 0 aromatic heterocycles. The minimum absolute atomic E-state index is 0.0314. The van der Waals surface area contributed by atoms with E-state index < -0.39 is 0 Å². The number of esters is 1. The molecule has 4 aliphatic rings. The summed E-state index contributed by atoms with van der Waals surface area (Å²) in [5.74, 6) is 0.442. The molecule has 0 spiro atoms. The Hall–Kier alpha value is -1.52. The predicted octanol–water partition coefficient (Wildman–Crippen LogP) is 4.92. The number of ether oxygens (including phenoxy) is 1. The van der Waals surface area contributed by atoms with E-state index >= 15 is 0 Å². The smallest absolute Gasteiger partial charge is 0.310 e. The Kier molecular flexibility index (Phi) is 5.35. The highest BCUT2D eigenvalue weighted by Gasteiger charge is 2.53. The molecular formula is C25H33ClN2O2. The highest BCUT2D eigenvalue weighted by Crippen LogP contribution is 2.55. The molecule has 2 saturated heterocycles. The van der Waals surface area contributed by atoms with Crippen molar-refractivity contribution in [3.63, 3.8) is 0 Å². The van der Waals surface area contributed by atoms with Gasteiger partial charge in [-0.1, -0.05) is 29.7 Å². The summed E-state index contributed by atoms with van der Waals surface area (Å²) in [6.45, 7) is 9.51. The molecule has 4 nitrogen and oxygen atoms in total. The summed E-state index contributed by atoms with van der Waals surface area (Å²) in [6.07, 6.45) is 5.97. The van der Waals surface area contributed by atoms with Gasteiger partial charge >= 0.3 is 5.97 Å². The van der Waals surface area contributed by atoms with Crippen molar-refractivity contribution in [2.75, 3.05) is 37.6 Å². The molecule has 162 valence electrons. The van der Waals surface area contributed by atoms with Gasteiger partial charge in [0, 0.05) is 49.4 Å². The van der Waals surface area contributed by atoms with Gasteiger partial charge in [-0.2, -0.15) is 0 Å². The van der Waals surface area contributed by atoms with Crippen molar-refractivity contribution in [2.45, 2.75) is 52.1 Å². The van der Waals surface area contributed by atoms with Crippen LogP contribution in [-0.2, 0) is 9.53 Å². The zero-order valence-electron chi connectivity index (χ0n) is 18.2. The molecule has 5 rings (SSSR count). The van der Waals surface area contributed by atoms with Crippen molar-refractivity contribution in [1.82, 2.24) is 4.90 Å². The fraction of sp³-hybridized carbons (Fsp3) is 0.640. The maximum absolute atomic E-state index is 12.8. The molecular weight excluding hydrogens is 396 g/mol. The topological polar surface area (TPSA) is 32.8 Å². The van der Waals surface area contributed by atoms with Gasteiger partial charge in [0.2, 0.25) is 0 Å². The maximum Gasteiger partial charge on any atom is 0.310 e. The van der Waals surface area contributed by atoms with Crippen molar-refractivity contribution in [1.29, 1.82) is 0 Å². The summed E-state index contributed by atoms with van der Waals surface area (Å²) < 4.78 is 5.96. The van der Waals surface area contributed by atoms with Crippen LogP contribution in [0, 0.1) is 17.3 Å². The molecule has 4 unspecified atom stereocenters. The molecule has 1 aromatic carbocycles. The summed E-state index contributed by atoms with van der Waals surface area (Å²) in [4.78, 5) is 17.7. The van der Waals surface area contributed by atoms with Gasteiger partial charge in [-0.25, -0.2) is 0 Å². The van der Waals surface area contributed by atoms with Crippen LogP contribution in [0.25, 0.3) is 0 Å². The first kappa shape index (κ1) is 20.4. The third kappa shape index (κ3) is 3.67. The minimum Gasteiger partial charge on any atom is -0.462 e. The first-order chi connectivity index (χ1) is 14.4. The Morgan fingerprint density at radius 2 is 1.90 bits per heavy atom. The van der Waals surface area contributed by atoms with Crippen molar-refractivity contribution in [2.24, 2.45) is 17.3 Å². The number of carbonyl (C=O) groups is 1. The van der Waals surface area contributed by atoms with Gasteiger partial charge in [0.15, 0.2) is 0 Å². The van der Waals surface area contributed by atoms with Crippen LogP contribution in [0.4, 0.5) is 5.69 Å². The van der Waals surface area contributed by atoms with Crippen LogP contribution < -0.4 is 4.90 Å². The van der Waals surface area contributed by atoms with Crippen LogP contribution in [0.3, 0.4) is 0 Å². The van der Waals surface area contributed by atoms with E-state index in [4.69, 9.17) is 16.3 Å². The van der Waals surface area contributed by atoms with Crippen molar-refractivity contribution >= 4 is 23.3 Å². The van der Waals surface area contributed by atoms with Gasteiger partial charge in [0.05, 0.1) is 5.92 Å². The summed E-state index contributed by atoms with van der Waals surface area (Å²) in [7, 11) is 0. The standard InChI is InChI=1S/C25H33ClN2O2/c1-17-4-3-9-25(2)15-23-20(14-22(17)25)21(24(29)30-23)16-27-10-12-28(13-11-27)19-7-5-18(26)6-8-19/h5-8,20-21,23H,3-4,9-16H2,1-2H3. The normalized spacial score (nSPS) is 34.6. The second kappa shape index (κ2) is 7.87. The lowest BCUT2D eigenvalue weighted by atomic mass is 9.59. The number of halogens is 1. The van der Waals surface area contributed by atoms with Crippen LogP contribution in [0.5, 0.6) is 0 Å². The summed E-state index contributed by atoms with van der Waals surface area (Å²) in [5.41, 5.74) is 4.71. The average Bonchev–Trinajstić information content (AvgIpc) is 3.01. The highest BCUT2D eigenvalue weighted by molar-refractivity contribution is 6.30. The number of anilines is 1. The zero-order chi connectivity index (χ0) is 20.9. The Labute approximate surface area is 185 Å².